The van der Waals surface area contributed by atoms with Gasteiger partial charge in [0.05, 0.1) is 17.5 Å². The average Bonchev–Trinajstić information content (AvgIpc) is 3.27. The highest BCUT2D eigenvalue weighted by molar-refractivity contribution is 6.30. The van der Waals surface area contributed by atoms with Crippen molar-refractivity contribution in [2.45, 2.75) is 44.7 Å². The van der Waals surface area contributed by atoms with Gasteiger partial charge in [-0.1, -0.05) is 23.7 Å². The Morgan fingerprint density at radius 3 is 2.81 bits per heavy atom. The maximum atomic E-state index is 12.8. The van der Waals surface area contributed by atoms with Crippen molar-refractivity contribution in [3.8, 4) is 0 Å². The van der Waals surface area contributed by atoms with Gasteiger partial charge in [0.15, 0.2) is 0 Å². The number of aryl methyl sites for hydroxylation is 1. The Labute approximate surface area is 163 Å². The van der Waals surface area contributed by atoms with Crippen molar-refractivity contribution in [2.75, 3.05) is 6.54 Å². The minimum atomic E-state index is -0.0575. The molecule has 0 radical (unpaired) electrons. The topological polar surface area (TPSA) is 76.0 Å². The summed E-state index contributed by atoms with van der Waals surface area (Å²) in [6.45, 7) is 2.95. The van der Waals surface area contributed by atoms with E-state index >= 15 is 0 Å². The molecule has 6 nitrogen and oxygen atoms in total. The third-order valence-electron chi connectivity index (χ3n) is 5.47. The second kappa shape index (κ2) is 7.35. The molecule has 2 aromatic rings. The number of halogens is 1. The predicted octanol–water partition coefficient (Wildman–Crippen LogP) is 2.52. The number of rotatable bonds is 5. The van der Waals surface area contributed by atoms with Crippen molar-refractivity contribution in [2.24, 2.45) is 5.92 Å². The largest absolute Gasteiger partial charge is 0.356 e. The fourth-order valence-corrected chi connectivity index (χ4v) is 3.96. The number of amides is 2. The number of carbonyl (C=O) groups excluding carboxylic acids is 2. The summed E-state index contributed by atoms with van der Waals surface area (Å²) in [5.74, 6) is 0.615. The van der Waals surface area contributed by atoms with E-state index in [-0.39, 0.29) is 17.9 Å². The molecule has 2 aliphatic rings. The molecule has 2 heterocycles. The van der Waals surface area contributed by atoms with Gasteiger partial charge < -0.3 is 10.6 Å². The predicted molar refractivity (Wildman–Crippen MR) is 103 cm³/mol. The molecule has 2 amide bonds. The number of hydrogen-bond acceptors (Lipinski definition) is 3. The lowest BCUT2D eigenvalue weighted by Crippen LogP contribution is -2.33. The standard InChI is InChI=1S/C20H23ClN4O2/c1-12(26)22-10-13-6-7-25-19(8-13)17(11-23-25)20(27)24-18-9-16(18)14-2-4-15(21)5-3-14/h2-5,11,13,16,18H,6-10H2,1H3,(H,22,26)(H,24,27)/t13?,16-,18+/m0/s1. The third kappa shape index (κ3) is 4.00. The van der Waals surface area contributed by atoms with Gasteiger partial charge in [0, 0.05) is 37.0 Å². The number of carbonyl (C=O) groups is 2. The van der Waals surface area contributed by atoms with E-state index in [0.29, 0.717) is 23.9 Å². The summed E-state index contributed by atoms with van der Waals surface area (Å²) in [5.41, 5.74) is 2.83. The van der Waals surface area contributed by atoms with E-state index in [1.54, 1.807) is 6.20 Å². The lowest BCUT2D eigenvalue weighted by Gasteiger charge is -2.24. The molecule has 1 aliphatic carbocycles. The molecule has 1 saturated carbocycles. The molecule has 7 heteroatoms. The second-order valence-electron chi connectivity index (χ2n) is 7.50. The van der Waals surface area contributed by atoms with E-state index in [0.717, 1.165) is 36.5 Å². The van der Waals surface area contributed by atoms with Crippen LogP contribution in [0.3, 0.4) is 0 Å². The summed E-state index contributed by atoms with van der Waals surface area (Å²) in [4.78, 5) is 23.9. The fraction of sp³-hybridized carbons (Fsp3) is 0.450. The number of fused-ring (bicyclic) bond motifs is 1. The van der Waals surface area contributed by atoms with Crippen molar-refractivity contribution in [3.63, 3.8) is 0 Å². The zero-order valence-electron chi connectivity index (χ0n) is 15.2. The number of nitrogens with one attached hydrogen (secondary N) is 2. The van der Waals surface area contributed by atoms with E-state index < -0.39 is 0 Å². The fourth-order valence-electron chi connectivity index (χ4n) is 3.83. The first kappa shape index (κ1) is 18.0. The van der Waals surface area contributed by atoms with Gasteiger partial charge >= 0.3 is 0 Å². The zero-order chi connectivity index (χ0) is 19.0. The van der Waals surface area contributed by atoms with Gasteiger partial charge in [0.1, 0.15) is 0 Å². The van der Waals surface area contributed by atoms with E-state index in [1.165, 1.54) is 12.5 Å². The zero-order valence-corrected chi connectivity index (χ0v) is 16.0. The molecule has 4 rings (SSSR count). The Bertz CT molecular complexity index is 861. The van der Waals surface area contributed by atoms with Crippen LogP contribution in [-0.2, 0) is 17.8 Å². The Balaban J connectivity index is 1.39. The van der Waals surface area contributed by atoms with Crippen LogP contribution < -0.4 is 10.6 Å². The highest BCUT2D eigenvalue weighted by atomic mass is 35.5. The molecule has 0 spiro atoms. The first-order valence-corrected chi connectivity index (χ1v) is 9.74. The van der Waals surface area contributed by atoms with Gasteiger partial charge in [0.2, 0.25) is 5.91 Å². The average molecular weight is 387 g/mol. The Kier molecular flexibility index (Phi) is 4.91. The van der Waals surface area contributed by atoms with Crippen molar-refractivity contribution in [1.29, 1.82) is 0 Å². The van der Waals surface area contributed by atoms with Gasteiger partial charge in [-0.15, -0.1) is 0 Å². The van der Waals surface area contributed by atoms with Crippen LogP contribution in [0.25, 0.3) is 0 Å². The van der Waals surface area contributed by atoms with Gasteiger partial charge in [-0.05, 0) is 42.9 Å². The van der Waals surface area contributed by atoms with Crippen LogP contribution in [-0.4, -0.2) is 34.2 Å². The summed E-state index contributed by atoms with van der Waals surface area (Å²) in [5, 5.41) is 11.1. The molecule has 0 saturated heterocycles. The van der Waals surface area contributed by atoms with E-state index in [9.17, 15) is 9.59 Å². The quantitative estimate of drug-likeness (QED) is 0.829. The van der Waals surface area contributed by atoms with Crippen LogP contribution in [0.2, 0.25) is 5.02 Å². The number of aromatic nitrogens is 2. The number of benzene rings is 1. The van der Waals surface area contributed by atoms with E-state index in [1.807, 2.05) is 28.9 Å². The van der Waals surface area contributed by atoms with Crippen LogP contribution in [0.1, 0.15) is 47.3 Å². The van der Waals surface area contributed by atoms with Crippen molar-refractivity contribution in [3.05, 3.63) is 52.3 Å². The van der Waals surface area contributed by atoms with E-state index in [2.05, 4.69) is 15.7 Å². The highest BCUT2D eigenvalue weighted by Gasteiger charge is 2.40. The molecular formula is C20H23ClN4O2. The molecular weight excluding hydrogens is 364 g/mol. The number of hydrogen-bond donors (Lipinski definition) is 2. The summed E-state index contributed by atoms with van der Waals surface area (Å²) < 4.78 is 1.92. The molecule has 0 bridgehead atoms. The lowest BCUT2D eigenvalue weighted by molar-refractivity contribution is -0.119. The molecule has 1 fully saturated rings. The third-order valence-corrected chi connectivity index (χ3v) is 5.72. The molecule has 1 aliphatic heterocycles. The maximum absolute atomic E-state index is 12.8. The van der Waals surface area contributed by atoms with Crippen molar-refractivity contribution >= 4 is 23.4 Å². The van der Waals surface area contributed by atoms with Crippen LogP contribution in [0, 0.1) is 5.92 Å². The Morgan fingerprint density at radius 2 is 2.07 bits per heavy atom. The van der Waals surface area contributed by atoms with Crippen molar-refractivity contribution < 1.29 is 9.59 Å². The molecule has 1 aromatic carbocycles. The number of nitrogens with zero attached hydrogens (tertiary/aromatic N) is 2. The molecule has 2 N–H and O–H groups in total. The summed E-state index contributed by atoms with van der Waals surface area (Å²) in [6, 6.07) is 7.98. The van der Waals surface area contributed by atoms with Gasteiger partial charge in [-0.3, -0.25) is 14.3 Å². The molecule has 1 aromatic heterocycles. The first-order valence-electron chi connectivity index (χ1n) is 9.36. The monoisotopic (exact) mass is 386 g/mol. The van der Waals surface area contributed by atoms with Gasteiger partial charge in [0.25, 0.3) is 5.91 Å². The summed E-state index contributed by atoms with van der Waals surface area (Å²) in [7, 11) is 0. The molecule has 142 valence electrons. The normalized spacial score (nSPS) is 23.4. The smallest absolute Gasteiger partial charge is 0.254 e. The molecule has 27 heavy (non-hydrogen) atoms. The van der Waals surface area contributed by atoms with Crippen LogP contribution >= 0.6 is 11.6 Å². The second-order valence-corrected chi connectivity index (χ2v) is 7.93. The van der Waals surface area contributed by atoms with Gasteiger partial charge in [-0.25, -0.2) is 0 Å². The Hall–Kier alpha value is -2.34. The summed E-state index contributed by atoms with van der Waals surface area (Å²) in [6.07, 6.45) is 4.33. The maximum Gasteiger partial charge on any atom is 0.254 e. The summed E-state index contributed by atoms with van der Waals surface area (Å²) >= 11 is 5.94. The SMILES string of the molecule is CC(=O)NCC1CCn2ncc(C(=O)N[C@@H]3C[C@H]3c3ccc(Cl)cc3)c2C1. The minimum Gasteiger partial charge on any atom is -0.356 e. The van der Waals surface area contributed by atoms with Crippen LogP contribution in [0.15, 0.2) is 30.5 Å². The van der Waals surface area contributed by atoms with Crippen LogP contribution in [0.5, 0.6) is 0 Å². The van der Waals surface area contributed by atoms with Crippen LogP contribution in [0.4, 0.5) is 0 Å². The molecule has 1 unspecified atom stereocenters. The first-order chi connectivity index (χ1) is 13.0. The van der Waals surface area contributed by atoms with E-state index in [4.69, 9.17) is 11.6 Å². The molecule has 3 atom stereocenters. The Morgan fingerprint density at radius 1 is 1.30 bits per heavy atom. The van der Waals surface area contributed by atoms with Gasteiger partial charge in [-0.2, -0.15) is 5.10 Å². The highest BCUT2D eigenvalue weighted by Crippen LogP contribution is 2.41. The minimum absolute atomic E-state index is 0.0194. The lowest BCUT2D eigenvalue weighted by atomic mass is 9.94. The van der Waals surface area contributed by atoms with Crippen molar-refractivity contribution in [1.82, 2.24) is 20.4 Å².